The van der Waals surface area contributed by atoms with Crippen molar-refractivity contribution in [3.8, 4) is 22.6 Å². The fourth-order valence-electron chi connectivity index (χ4n) is 3.76. The molecule has 1 unspecified atom stereocenters. The van der Waals surface area contributed by atoms with Gasteiger partial charge >= 0.3 is 0 Å². The lowest BCUT2D eigenvalue weighted by atomic mass is 10.1. The van der Waals surface area contributed by atoms with Gasteiger partial charge in [0.1, 0.15) is 24.1 Å². The first-order chi connectivity index (χ1) is 15.5. The predicted molar refractivity (Wildman–Crippen MR) is 125 cm³/mol. The molecule has 1 saturated heterocycles. The summed E-state index contributed by atoms with van der Waals surface area (Å²) in [5, 5.41) is 10.2. The Morgan fingerprint density at radius 1 is 1.25 bits per heavy atom. The number of ether oxygens (including phenoxy) is 2. The number of benzene rings is 2. The fourth-order valence-corrected chi connectivity index (χ4v) is 3.76. The van der Waals surface area contributed by atoms with Crippen molar-refractivity contribution < 1.29 is 14.3 Å². The Morgan fingerprint density at radius 2 is 2.12 bits per heavy atom. The number of methoxy groups -OCH3 is 1. The topological polar surface area (TPSA) is 82.7 Å². The highest BCUT2D eigenvalue weighted by molar-refractivity contribution is 6.01. The molecule has 1 aliphatic rings. The third kappa shape index (κ3) is 4.86. The van der Waals surface area contributed by atoms with Gasteiger partial charge in [-0.25, -0.2) is 0 Å². The van der Waals surface area contributed by atoms with Gasteiger partial charge in [-0.15, -0.1) is 0 Å². The number of hydrogen-bond acceptors (Lipinski definition) is 6. The number of hydrogen-bond donors (Lipinski definition) is 2. The maximum Gasteiger partial charge on any atom is 0.249 e. The highest BCUT2D eigenvalue weighted by Crippen LogP contribution is 2.35. The SMILES string of the molecule is COc1cccc(NC2CCN(c3ccc(-c4cn[nH]c4)c(OCCN(C)C)c3)C2=O)c1. The molecule has 1 amide bonds. The number of aromatic nitrogens is 2. The summed E-state index contributed by atoms with van der Waals surface area (Å²) in [6.07, 6.45) is 4.32. The van der Waals surface area contributed by atoms with Crippen LogP contribution in [0.2, 0.25) is 0 Å². The first-order valence-corrected chi connectivity index (χ1v) is 10.7. The highest BCUT2D eigenvalue weighted by Gasteiger charge is 2.33. The van der Waals surface area contributed by atoms with Gasteiger partial charge in [0, 0.05) is 53.9 Å². The zero-order chi connectivity index (χ0) is 22.5. The van der Waals surface area contributed by atoms with Crippen molar-refractivity contribution in [2.75, 3.05) is 51.1 Å². The van der Waals surface area contributed by atoms with E-state index in [-0.39, 0.29) is 11.9 Å². The van der Waals surface area contributed by atoms with Crippen LogP contribution in [-0.4, -0.2) is 67.9 Å². The minimum atomic E-state index is -0.284. The second-order valence-corrected chi connectivity index (χ2v) is 8.03. The van der Waals surface area contributed by atoms with E-state index in [9.17, 15) is 4.79 Å². The number of amides is 1. The van der Waals surface area contributed by atoms with Crippen LogP contribution in [-0.2, 0) is 4.79 Å². The first-order valence-electron chi connectivity index (χ1n) is 10.7. The Morgan fingerprint density at radius 3 is 2.88 bits per heavy atom. The smallest absolute Gasteiger partial charge is 0.249 e. The Kier molecular flexibility index (Phi) is 6.61. The van der Waals surface area contributed by atoms with Crippen LogP contribution >= 0.6 is 0 Å². The van der Waals surface area contributed by atoms with Crippen LogP contribution in [0, 0.1) is 0 Å². The number of nitrogens with zero attached hydrogens (tertiary/aromatic N) is 3. The molecular weight excluding hydrogens is 406 g/mol. The minimum Gasteiger partial charge on any atom is -0.497 e. The quantitative estimate of drug-likeness (QED) is 0.537. The van der Waals surface area contributed by atoms with E-state index in [1.165, 1.54) is 0 Å². The van der Waals surface area contributed by atoms with E-state index >= 15 is 0 Å². The highest BCUT2D eigenvalue weighted by atomic mass is 16.5. The van der Waals surface area contributed by atoms with Crippen LogP contribution in [0.4, 0.5) is 11.4 Å². The minimum absolute atomic E-state index is 0.0446. The van der Waals surface area contributed by atoms with Crippen LogP contribution in [0.25, 0.3) is 11.1 Å². The molecule has 1 aliphatic heterocycles. The van der Waals surface area contributed by atoms with Gasteiger partial charge in [0.25, 0.3) is 0 Å². The molecular formula is C24H29N5O3. The largest absolute Gasteiger partial charge is 0.497 e. The second kappa shape index (κ2) is 9.74. The summed E-state index contributed by atoms with van der Waals surface area (Å²) in [6, 6.07) is 13.2. The Hall–Kier alpha value is -3.52. The van der Waals surface area contributed by atoms with Crippen molar-refractivity contribution >= 4 is 17.3 Å². The van der Waals surface area contributed by atoms with E-state index in [0.717, 1.165) is 47.0 Å². The summed E-state index contributed by atoms with van der Waals surface area (Å²) in [5.41, 5.74) is 3.59. The van der Waals surface area contributed by atoms with Gasteiger partial charge in [-0.3, -0.25) is 9.89 Å². The zero-order valence-electron chi connectivity index (χ0n) is 18.7. The molecule has 2 N–H and O–H groups in total. The fraction of sp³-hybridized carbons (Fsp3) is 0.333. The molecule has 0 saturated carbocycles. The van der Waals surface area contributed by atoms with E-state index in [2.05, 4.69) is 20.4 Å². The van der Waals surface area contributed by atoms with Crippen molar-refractivity contribution in [2.24, 2.45) is 0 Å². The van der Waals surface area contributed by atoms with Crippen molar-refractivity contribution in [1.82, 2.24) is 15.1 Å². The summed E-state index contributed by atoms with van der Waals surface area (Å²) >= 11 is 0. The molecule has 0 aliphatic carbocycles. The molecule has 0 spiro atoms. The molecule has 4 rings (SSSR count). The van der Waals surface area contributed by atoms with Crippen LogP contribution < -0.4 is 19.7 Å². The number of rotatable bonds is 9. The summed E-state index contributed by atoms with van der Waals surface area (Å²) in [4.78, 5) is 17.0. The molecule has 8 nitrogen and oxygen atoms in total. The number of likely N-dealkylation sites (N-methyl/N-ethyl adjacent to an activating group) is 1. The van der Waals surface area contributed by atoms with E-state index in [1.807, 2.05) is 67.7 Å². The van der Waals surface area contributed by atoms with Gasteiger partial charge in [-0.05, 0) is 44.8 Å². The van der Waals surface area contributed by atoms with Crippen molar-refractivity contribution in [1.29, 1.82) is 0 Å². The van der Waals surface area contributed by atoms with E-state index < -0.39 is 0 Å². The normalized spacial score (nSPS) is 15.9. The lowest BCUT2D eigenvalue weighted by Crippen LogP contribution is -2.33. The monoisotopic (exact) mass is 435 g/mol. The summed E-state index contributed by atoms with van der Waals surface area (Å²) in [6.45, 7) is 1.99. The van der Waals surface area contributed by atoms with Crippen LogP contribution in [0.3, 0.4) is 0 Å². The number of anilines is 2. The number of aromatic amines is 1. The second-order valence-electron chi connectivity index (χ2n) is 8.03. The van der Waals surface area contributed by atoms with Gasteiger partial charge in [-0.2, -0.15) is 5.10 Å². The van der Waals surface area contributed by atoms with Gasteiger partial charge < -0.3 is 24.6 Å². The van der Waals surface area contributed by atoms with Gasteiger partial charge in [-0.1, -0.05) is 6.07 Å². The van der Waals surface area contributed by atoms with Gasteiger partial charge in [0.15, 0.2) is 0 Å². The molecule has 1 fully saturated rings. The number of carbonyl (C=O) groups excluding carboxylic acids is 1. The van der Waals surface area contributed by atoms with Crippen LogP contribution in [0.15, 0.2) is 54.9 Å². The van der Waals surface area contributed by atoms with Crippen LogP contribution in [0.1, 0.15) is 6.42 Å². The van der Waals surface area contributed by atoms with Gasteiger partial charge in [0.05, 0.1) is 13.3 Å². The standard InChI is InChI=1S/C24H29N5O3/c1-28(2)11-12-32-23-14-19(7-8-21(23)17-15-25-26-16-17)29-10-9-22(24(29)30)27-18-5-4-6-20(13-18)31-3/h4-8,13-16,22,27H,9-12H2,1-3H3,(H,25,26). The molecule has 1 aromatic heterocycles. The summed E-state index contributed by atoms with van der Waals surface area (Å²) in [5.74, 6) is 1.54. The average molecular weight is 436 g/mol. The maximum atomic E-state index is 13.2. The van der Waals surface area contributed by atoms with Crippen molar-refractivity contribution in [2.45, 2.75) is 12.5 Å². The molecule has 168 valence electrons. The molecule has 8 heteroatoms. The van der Waals surface area contributed by atoms with Crippen molar-refractivity contribution in [3.05, 3.63) is 54.9 Å². The Bertz CT molecular complexity index is 1050. The third-order valence-electron chi connectivity index (χ3n) is 5.50. The summed E-state index contributed by atoms with van der Waals surface area (Å²) in [7, 11) is 5.65. The molecule has 0 bridgehead atoms. The number of H-pyrrole nitrogens is 1. The number of carbonyl (C=O) groups is 1. The first kappa shape index (κ1) is 21.7. The predicted octanol–water partition coefficient (Wildman–Crippen LogP) is 3.24. The van der Waals surface area contributed by atoms with E-state index in [0.29, 0.717) is 13.2 Å². The van der Waals surface area contributed by atoms with E-state index in [1.54, 1.807) is 13.3 Å². The lowest BCUT2D eigenvalue weighted by Gasteiger charge is -2.20. The van der Waals surface area contributed by atoms with Crippen molar-refractivity contribution in [3.63, 3.8) is 0 Å². The molecule has 0 radical (unpaired) electrons. The molecule has 2 heterocycles. The summed E-state index contributed by atoms with van der Waals surface area (Å²) < 4.78 is 11.4. The molecule has 3 aromatic rings. The third-order valence-corrected chi connectivity index (χ3v) is 5.50. The zero-order valence-corrected chi connectivity index (χ0v) is 18.7. The molecule has 32 heavy (non-hydrogen) atoms. The Balaban J connectivity index is 1.52. The van der Waals surface area contributed by atoms with Crippen LogP contribution in [0.5, 0.6) is 11.5 Å². The molecule has 2 aromatic carbocycles. The maximum absolute atomic E-state index is 13.2. The number of nitrogens with one attached hydrogen (secondary N) is 2. The average Bonchev–Trinajstić information content (AvgIpc) is 3.44. The van der Waals surface area contributed by atoms with E-state index in [4.69, 9.17) is 9.47 Å². The molecule has 1 atom stereocenters. The van der Waals surface area contributed by atoms with Gasteiger partial charge in [0.2, 0.25) is 5.91 Å². The lowest BCUT2D eigenvalue weighted by molar-refractivity contribution is -0.117. The Labute approximate surface area is 188 Å².